The minimum Gasteiger partial charge on any atom is -0.494 e. The van der Waals surface area contributed by atoms with Crippen LogP contribution in [0.1, 0.15) is 25.2 Å². The third kappa shape index (κ3) is 3.78. The highest BCUT2D eigenvalue weighted by Gasteiger charge is 2.49. The first-order valence-corrected chi connectivity index (χ1v) is 10.8. The Morgan fingerprint density at radius 2 is 2.16 bits per heavy atom. The van der Waals surface area contributed by atoms with Crippen molar-refractivity contribution in [3.8, 4) is 17.1 Å². The minimum atomic E-state index is -0.352. The van der Waals surface area contributed by atoms with Crippen molar-refractivity contribution in [3.63, 3.8) is 0 Å². The zero-order chi connectivity index (χ0) is 22.4. The number of nitrogens with zero attached hydrogens (tertiary/aromatic N) is 3. The molecule has 32 heavy (non-hydrogen) atoms. The van der Waals surface area contributed by atoms with E-state index >= 15 is 0 Å². The predicted molar refractivity (Wildman–Crippen MR) is 114 cm³/mol. The molecule has 5 rings (SSSR count). The highest BCUT2D eigenvalue weighted by Crippen LogP contribution is 2.37. The van der Waals surface area contributed by atoms with Gasteiger partial charge in [-0.15, -0.1) is 0 Å². The Morgan fingerprint density at radius 1 is 1.34 bits per heavy atom. The largest absolute Gasteiger partial charge is 0.494 e. The van der Waals surface area contributed by atoms with Gasteiger partial charge in [-0.2, -0.15) is 4.98 Å². The number of aryl methyl sites for hydroxylation is 1. The van der Waals surface area contributed by atoms with Crippen molar-refractivity contribution in [2.24, 2.45) is 11.8 Å². The fourth-order valence-electron chi connectivity index (χ4n) is 4.49. The number of carbonyl (C=O) groups is 2. The molecule has 170 valence electrons. The fourth-order valence-corrected chi connectivity index (χ4v) is 4.49. The molecular formula is C21H27N7O4. The summed E-state index contributed by atoms with van der Waals surface area (Å²) in [5, 5.41) is 15.4. The van der Waals surface area contributed by atoms with Gasteiger partial charge in [0.25, 0.3) is 0 Å². The average Bonchev–Trinajstić information content (AvgIpc) is 3.47. The van der Waals surface area contributed by atoms with Crippen molar-refractivity contribution in [1.29, 1.82) is 0 Å². The van der Waals surface area contributed by atoms with E-state index in [2.05, 4.69) is 31.5 Å². The third-order valence-electron chi connectivity index (χ3n) is 6.20. The fraction of sp³-hybridized carbons (Fsp3) is 0.524. The van der Waals surface area contributed by atoms with Crippen LogP contribution in [0.5, 0.6) is 5.75 Å². The van der Waals surface area contributed by atoms with Crippen molar-refractivity contribution in [3.05, 3.63) is 24.1 Å². The number of ether oxygens (including phenoxy) is 1. The van der Waals surface area contributed by atoms with E-state index in [-0.39, 0.29) is 42.0 Å². The number of aromatic nitrogens is 2. The second-order valence-corrected chi connectivity index (χ2v) is 8.54. The number of amides is 2. The van der Waals surface area contributed by atoms with Crippen LogP contribution in [0, 0.1) is 18.8 Å². The first kappa shape index (κ1) is 20.7. The Hall–Kier alpha value is -3.18. The molecule has 2 saturated heterocycles. The quantitative estimate of drug-likeness (QED) is 0.508. The Bertz CT molecular complexity index is 1040. The van der Waals surface area contributed by atoms with Crippen molar-refractivity contribution in [2.75, 3.05) is 19.5 Å². The summed E-state index contributed by atoms with van der Waals surface area (Å²) in [5.74, 6) is 1.25. The number of para-hydroxylation sites is 1. The Labute approximate surface area is 185 Å². The number of carbonyl (C=O) groups excluding carboxylic acids is 2. The lowest BCUT2D eigenvalue weighted by Gasteiger charge is -2.38. The summed E-state index contributed by atoms with van der Waals surface area (Å²) in [5.41, 5.74) is 4.56. The molecule has 1 aromatic carbocycles. The van der Waals surface area contributed by atoms with Crippen LogP contribution in [-0.4, -0.2) is 59.5 Å². The number of hydrogen-bond donors (Lipinski definition) is 4. The van der Waals surface area contributed by atoms with E-state index < -0.39 is 0 Å². The summed E-state index contributed by atoms with van der Waals surface area (Å²) < 4.78 is 10.8. The van der Waals surface area contributed by atoms with Crippen LogP contribution in [0.15, 0.2) is 22.7 Å². The van der Waals surface area contributed by atoms with Gasteiger partial charge in [-0.1, -0.05) is 11.2 Å². The van der Waals surface area contributed by atoms with Crippen LogP contribution >= 0.6 is 0 Å². The van der Waals surface area contributed by atoms with Gasteiger partial charge in [0, 0.05) is 32.4 Å². The van der Waals surface area contributed by atoms with Crippen molar-refractivity contribution >= 4 is 17.5 Å². The van der Waals surface area contributed by atoms with Gasteiger partial charge in [0.1, 0.15) is 0 Å². The number of fused-ring (bicyclic) bond motifs is 1. The maximum atomic E-state index is 12.9. The Balaban J connectivity index is 1.43. The summed E-state index contributed by atoms with van der Waals surface area (Å²) >= 11 is 0. The summed E-state index contributed by atoms with van der Waals surface area (Å²) in [4.78, 5) is 29.5. The zero-order valence-electron chi connectivity index (χ0n) is 18.2. The molecule has 0 radical (unpaired) electrons. The summed E-state index contributed by atoms with van der Waals surface area (Å²) in [6.45, 7) is 1.73. The van der Waals surface area contributed by atoms with E-state index in [1.807, 2.05) is 18.2 Å². The zero-order valence-corrected chi connectivity index (χ0v) is 18.2. The smallest absolute Gasteiger partial charge is 0.244 e. The lowest BCUT2D eigenvalue weighted by molar-refractivity contribution is -0.131. The highest BCUT2D eigenvalue weighted by atomic mass is 16.5. The van der Waals surface area contributed by atoms with E-state index in [0.29, 0.717) is 35.1 Å². The molecule has 11 heteroatoms. The molecular weight excluding hydrogens is 414 g/mol. The Kier molecular flexibility index (Phi) is 5.22. The van der Waals surface area contributed by atoms with Crippen LogP contribution in [0.25, 0.3) is 11.4 Å². The molecule has 11 nitrogen and oxygen atoms in total. The van der Waals surface area contributed by atoms with Crippen LogP contribution in [-0.2, 0) is 9.59 Å². The summed E-state index contributed by atoms with van der Waals surface area (Å²) in [7, 11) is 3.29. The lowest BCUT2D eigenvalue weighted by Crippen LogP contribution is -2.63. The number of anilines is 1. The third-order valence-corrected chi connectivity index (χ3v) is 6.20. The van der Waals surface area contributed by atoms with Gasteiger partial charge in [0.05, 0.1) is 36.6 Å². The van der Waals surface area contributed by atoms with Crippen LogP contribution in [0.4, 0.5) is 5.69 Å². The molecule has 3 fully saturated rings. The molecule has 4 N–H and O–H groups in total. The van der Waals surface area contributed by atoms with Crippen molar-refractivity contribution < 1.29 is 18.8 Å². The Morgan fingerprint density at radius 3 is 2.84 bits per heavy atom. The number of hydrogen-bond acceptors (Lipinski definition) is 9. The van der Waals surface area contributed by atoms with Crippen LogP contribution in [0.3, 0.4) is 0 Å². The maximum Gasteiger partial charge on any atom is 0.244 e. The van der Waals surface area contributed by atoms with E-state index in [1.54, 1.807) is 21.1 Å². The molecule has 0 bridgehead atoms. The number of benzene rings is 1. The highest BCUT2D eigenvalue weighted by molar-refractivity contribution is 5.84. The number of nitrogens with one attached hydrogen (secondary N) is 4. The van der Waals surface area contributed by atoms with E-state index in [9.17, 15) is 9.59 Å². The van der Waals surface area contributed by atoms with E-state index in [4.69, 9.17) is 9.26 Å². The summed E-state index contributed by atoms with van der Waals surface area (Å²) in [6, 6.07) is 5.37. The normalized spacial score (nSPS) is 27.2. The van der Waals surface area contributed by atoms with Crippen molar-refractivity contribution in [2.45, 2.75) is 44.6 Å². The molecule has 3 heterocycles. The first-order valence-electron chi connectivity index (χ1n) is 10.8. The molecule has 0 spiro atoms. The number of methoxy groups -OCH3 is 1. The second kappa shape index (κ2) is 8.06. The molecule has 1 aliphatic carbocycles. The van der Waals surface area contributed by atoms with Gasteiger partial charge in [-0.25, -0.2) is 5.43 Å². The number of rotatable bonds is 6. The summed E-state index contributed by atoms with van der Waals surface area (Å²) in [6.07, 6.45) is 1.85. The monoisotopic (exact) mass is 441 g/mol. The average molecular weight is 441 g/mol. The maximum absolute atomic E-state index is 12.9. The van der Waals surface area contributed by atoms with E-state index in [1.165, 1.54) is 5.01 Å². The SMILES string of the molecule is COc1c(NC2CC(NC(=O)C3CC3)NC3NN(C)C(=O)C23)cccc1-c1noc(C)n1. The predicted octanol–water partition coefficient (Wildman–Crippen LogP) is 0.599. The molecule has 2 aromatic rings. The molecule has 4 atom stereocenters. The molecule has 1 saturated carbocycles. The molecule has 4 unspecified atom stereocenters. The van der Waals surface area contributed by atoms with E-state index in [0.717, 1.165) is 12.8 Å². The molecule has 2 aliphatic heterocycles. The van der Waals surface area contributed by atoms with Gasteiger partial charge in [0.2, 0.25) is 23.5 Å². The molecule has 1 aromatic heterocycles. The van der Waals surface area contributed by atoms with Gasteiger partial charge in [-0.3, -0.25) is 19.9 Å². The molecule has 3 aliphatic rings. The van der Waals surface area contributed by atoms with Gasteiger partial charge < -0.3 is 19.9 Å². The van der Waals surface area contributed by atoms with Crippen LogP contribution in [0.2, 0.25) is 0 Å². The topological polar surface area (TPSA) is 134 Å². The van der Waals surface area contributed by atoms with Gasteiger partial charge >= 0.3 is 0 Å². The first-order chi connectivity index (χ1) is 15.4. The van der Waals surface area contributed by atoms with Gasteiger partial charge in [-0.05, 0) is 25.0 Å². The molecule has 2 amide bonds. The number of hydrazine groups is 1. The minimum absolute atomic E-state index is 0.0177. The van der Waals surface area contributed by atoms with Crippen molar-refractivity contribution in [1.82, 2.24) is 31.2 Å². The second-order valence-electron chi connectivity index (χ2n) is 8.54. The number of piperidine rings is 1. The van der Waals surface area contributed by atoms with Crippen LogP contribution < -0.4 is 26.1 Å². The standard InChI is InChI=1S/C21H27N7O4/c1-10-22-18(27-32-10)12-5-4-6-13(17(12)31-3)23-14-9-15(25-20(29)11-7-8-11)24-19-16(14)21(30)28(2)26-19/h4-6,11,14-16,19,23-24,26H,7-9H2,1-3H3,(H,25,29). The lowest BCUT2D eigenvalue weighted by atomic mass is 9.88. The van der Waals surface area contributed by atoms with Gasteiger partial charge in [0.15, 0.2) is 5.75 Å².